The lowest BCUT2D eigenvalue weighted by molar-refractivity contribution is -0.122. The summed E-state index contributed by atoms with van der Waals surface area (Å²) < 4.78 is 1.89. The maximum Gasteiger partial charge on any atom is 0.244 e. The minimum Gasteiger partial charge on any atom is -0.337 e. The number of nitrogens with one attached hydrogen (secondary N) is 2. The first-order chi connectivity index (χ1) is 16.2. The first-order valence-corrected chi connectivity index (χ1v) is 11.0. The molecule has 3 aromatic carbocycles. The van der Waals surface area contributed by atoms with Gasteiger partial charge in [-0.1, -0.05) is 66.7 Å². The molecular weight excluding hydrogens is 412 g/mol. The molecule has 0 bridgehead atoms. The number of benzene rings is 3. The minimum atomic E-state index is -0.112. The van der Waals surface area contributed by atoms with Crippen molar-refractivity contribution in [1.82, 2.24) is 9.99 Å². The van der Waals surface area contributed by atoms with Crippen molar-refractivity contribution in [2.45, 2.75) is 18.9 Å². The lowest BCUT2D eigenvalue weighted by Crippen LogP contribution is -2.20. The van der Waals surface area contributed by atoms with Crippen LogP contribution in [0, 0.1) is 5.92 Å². The van der Waals surface area contributed by atoms with E-state index in [0.29, 0.717) is 0 Å². The maximum absolute atomic E-state index is 12.5. The van der Waals surface area contributed by atoms with E-state index in [1.54, 1.807) is 6.21 Å². The number of carbonyl (C=O) groups excluding carboxylic acids is 2. The number of anilines is 1. The van der Waals surface area contributed by atoms with E-state index in [4.69, 9.17) is 0 Å². The van der Waals surface area contributed by atoms with Crippen LogP contribution in [0.1, 0.15) is 23.5 Å². The van der Waals surface area contributed by atoms with Gasteiger partial charge in [0, 0.05) is 34.3 Å². The van der Waals surface area contributed by atoms with Gasteiger partial charge in [-0.2, -0.15) is 5.10 Å². The van der Waals surface area contributed by atoms with Gasteiger partial charge in [-0.15, -0.1) is 0 Å². The molecule has 4 aromatic rings. The summed E-state index contributed by atoms with van der Waals surface area (Å²) in [7, 11) is 0. The summed E-state index contributed by atoms with van der Waals surface area (Å²) in [6, 6.07) is 27.3. The molecule has 0 saturated heterocycles. The van der Waals surface area contributed by atoms with Crippen LogP contribution in [0.15, 0.2) is 96.2 Å². The molecule has 0 radical (unpaired) electrons. The zero-order chi connectivity index (χ0) is 22.6. The van der Waals surface area contributed by atoms with Gasteiger partial charge in [0.1, 0.15) is 6.54 Å². The quantitative estimate of drug-likeness (QED) is 0.330. The van der Waals surface area contributed by atoms with Gasteiger partial charge in [-0.25, -0.2) is 5.43 Å². The van der Waals surface area contributed by atoms with E-state index < -0.39 is 0 Å². The molecule has 1 heterocycles. The Morgan fingerprint density at radius 1 is 0.939 bits per heavy atom. The van der Waals surface area contributed by atoms with Gasteiger partial charge in [0.2, 0.25) is 11.8 Å². The number of carbonyl (C=O) groups is 2. The highest BCUT2D eigenvalue weighted by atomic mass is 16.2. The normalized spacial score (nSPS) is 17.2. The van der Waals surface area contributed by atoms with E-state index in [-0.39, 0.29) is 30.2 Å². The van der Waals surface area contributed by atoms with Crippen molar-refractivity contribution in [1.29, 1.82) is 0 Å². The second-order valence-corrected chi connectivity index (χ2v) is 8.24. The number of amides is 2. The molecule has 6 heteroatoms. The second kappa shape index (κ2) is 9.12. The van der Waals surface area contributed by atoms with Crippen molar-refractivity contribution in [2.75, 3.05) is 5.32 Å². The van der Waals surface area contributed by atoms with Crippen LogP contribution in [0.5, 0.6) is 0 Å². The molecule has 5 rings (SSSR count). The van der Waals surface area contributed by atoms with Crippen LogP contribution >= 0.6 is 0 Å². The molecule has 2 N–H and O–H groups in total. The van der Waals surface area contributed by atoms with E-state index in [1.165, 1.54) is 5.56 Å². The minimum absolute atomic E-state index is 0.0347. The molecule has 1 saturated carbocycles. The van der Waals surface area contributed by atoms with E-state index in [9.17, 15) is 9.59 Å². The van der Waals surface area contributed by atoms with Crippen LogP contribution in [0.4, 0.5) is 5.69 Å². The van der Waals surface area contributed by atoms with Crippen LogP contribution in [0.2, 0.25) is 0 Å². The largest absolute Gasteiger partial charge is 0.337 e. The van der Waals surface area contributed by atoms with E-state index >= 15 is 0 Å². The standard InChI is InChI=1S/C27H24N4O2/c32-26(29-21-11-5-2-6-12-21)18-31-17-20(22-13-7-8-14-25(22)31)16-28-30-27(33)24-15-23(24)19-9-3-1-4-10-19/h1-14,16-17,23-24H,15,18H2,(H,29,32)(H,30,33). The predicted octanol–water partition coefficient (Wildman–Crippen LogP) is 4.53. The summed E-state index contributed by atoms with van der Waals surface area (Å²) in [5, 5.41) is 8.08. The molecule has 1 aliphatic rings. The molecule has 2 atom stereocenters. The third-order valence-corrected chi connectivity index (χ3v) is 5.92. The highest BCUT2D eigenvalue weighted by Gasteiger charge is 2.43. The smallest absolute Gasteiger partial charge is 0.244 e. The summed E-state index contributed by atoms with van der Waals surface area (Å²) in [5.41, 5.74) is 6.41. The van der Waals surface area contributed by atoms with Crippen molar-refractivity contribution in [2.24, 2.45) is 11.0 Å². The molecule has 33 heavy (non-hydrogen) atoms. The Labute approximate surface area is 191 Å². The zero-order valence-corrected chi connectivity index (χ0v) is 18.0. The highest BCUT2D eigenvalue weighted by Crippen LogP contribution is 2.47. The summed E-state index contributed by atoms with van der Waals surface area (Å²) in [6.07, 6.45) is 4.38. The Morgan fingerprint density at radius 3 is 2.42 bits per heavy atom. The molecule has 6 nitrogen and oxygen atoms in total. The Kier molecular flexibility index (Phi) is 5.72. The summed E-state index contributed by atoms with van der Waals surface area (Å²) in [6.45, 7) is 0.177. The van der Waals surface area contributed by atoms with E-state index in [0.717, 1.165) is 28.6 Å². The lowest BCUT2D eigenvalue weighted by atomic mass is 10.1. The van der Waals surface area contributed by atoms with Crippen molar-refractivity contribution in [3.8, 4) is 0 Å². The van der Waals surface area contributed by atoms with Crippen molar-refractivity contribution in [3.05, 3.63) is 102 Å². The SMILES string of the molecule is O=C(Cn1cc(C=NNC(=O)C2CC2c2ccccc2)c2ccccc21)Nc1ccccc1. The average Bonchev–Trinajstić information content (AvgIpc) is 3.58. The first-order valence-electron chi connectivity index (χ1n) is 11.0. The number of rotatable bonds is 7. The molecule has 1 aromatic heterocycles. The Hall–Kier alpha value is -4.19. The molecule has 164 valence electrons. The van der Waals surface area contributed by atoms with Crippen LogP contribution in [0.25, 0.3) is 10.9 Å². The molecular formula is C27H24N4O2. The monoisotopic (exact) mass is 436 g/mol. The number of hydrazone groups is 1. The van der Waals surface area contributed by atoms with Crippen molar-refractivity contribution >= 4 is 34.6 Å². The van der Waals surface area contributed by atoms with Crippen LogP contribution < -0.4 is 10.7 Å². The maximum atomic E-state index is 12.5. The fraction of sp³-hybridized carbons (Fsp3) is 0.148. The fourth-order valence-electron chi connectivity index (χ4n) is 4.19. The molecule has 2 unspecified atom stereocenters. The number of fused-ring (bicyclic) bond motifs is 1. The van der Waals surface area contributed by atoms with Gasteiger partial charge in [-0.3, -0.25) is 9.59 Å². The Morgan fingerprint density at radius 2 is 1.64 bits per heavy atom. The Balaban J connectivity index is 1.25. The summed E-state index contributed by atoms with van der Waals surface area (Å²) in [5.74, 6) is 0.0597. The first kappa shape index (κ1) is 20.7. The summed E-state index contributed by atoms with van der Waals surface area (Å²) in [4.78, 5) is 25.0. The van der Waals surface area contributed by atoms with E-state index in [2.05, 4.69) is 28.0 Å². The van der Waals surface area contributed by atoms with Crippen LogP contribution in [-0.4, -0.2) is 22.6 Å². The topological polar surface area (TPSA) is 75.5 Å². The fourth-order valence-corrected chi connectivity index (χ4v) is 4.19. The third kappa shape index (κ3) is 4.70. The van der Waals surface area contributed by atoms with E-state index in [1.807, 2.05) is 83.6 Å². The number of aromatic nitrogens is 1. The summed E-state index contributed by atoms with van der Waals surface area (Å²) >= 11 is 0. The van der Waals surface area contributed by atoms with Crippen LogP contribution in [-0.2, 0) is 16.1 Å². The van der Waals surface area contributed by atoms with Gasteiger partial charge in [0.15, 0.2) is 0 Å². The number of hydrogen-bond donors (Lipinski definition) is 2. The zero-order valence-electron chi connectivity index (χ0n) is 18.0. The predicted molar refractivity (Wildman–Crippen MR) is 130 cm³/mol. The molecule has 0 aliphatic heterocycles. The second-order valence-electron chi connectivity index (χ2n) is 8.24. The lowest BCUT2D eigenvalue weighted by Gasteiger charge is -2.07. The number of hydrogen-bond acceptors (Lipinski definition) is 3. The van der Waals surface area contributed by atoms with Gasteiger partial charge in [-0.05, 0) is 36.1 Å². The van der Waals surface area contributed by atoms with Gasteiger partial charge in [0.25, 0.3) is 0 Å². The Bertz CT molecular complexity index is 1310. The number of nitrogens with zero attached hydrogens (tertiary/aromatic N) is 2. The molecule has 1 aliphatic carbocycles. The van der Waals surface area contributed by atoms with Crippen molar-refractivity contribution < 1.29 is 9.59 Å². The van der Waals surface area contributed by atoms with Gasteiger partial charge >= 0.3 is 0 Å². The number of para-hydroxylation sites is 2. The molecule has 0 spiro atoms. The van der Waals surface area contributed by atoms with Crippen molar-refractivity contribution in [3.63, 3.8) is 0 Å². The van der Waals surface area contributed by atoms with Gasteiger partial charge in [0.05, 0.1) is 6.21 Å². The van der Waals surface area contributed by atoms with Crippen LogP contribution in [0.3, 0.4) is 0 Å². The molecule has 2 amide bonds. The molecule has 1 fully saturated rings. The third-order valence-electron chi connectivity index (χ3n) is 5.92. The average molecular weight is 437 g/mol. The highest BCUT2D eigenvalue weighted by molar-refractivity contribution is 6.01. The van der Waals surface area contributed by atoms with Gasteiger partial charge < -0.3 is 9.88 Å².